The number of carbonyl (C=O) groups excluding carboxylic acids is 1. The van der Waals surface area contributed by atoms with Gasteiger partial charge in [-0.05, 0) is 48.7 Å². The first-order chi connectivity index (χ1) is 16.1. The number of nitrogens with one attached hydrogen (secondary N) is 2. The van der Waals surface area contributed by atoms with Crippen LogP contribution in [0, 0.1) is 6.92 Å². The minimum atomic E-state index is -0.217. The van der Waals surface area contributed by atoms with Crippen molar-refractivity contribution in [2.24, 2.45) is 0 Å². The summed E-state index contributed by atoms with van der Waals surface area (Å²) in [5.74, 6) is 1.06. The van der Waals surface area contributed by atoms with Crippen molar-refractivity contribution < 1.29 is 12.6 Å². The van der Waals surface area contributed by atoms with Gasteiger partial charge in [0.2, 0.25) is 11.8 Å². The number of hydrogen-bond acceptors (Lipinski definition) is 7. The summed E-state index contributed by atoms with van der Waals surface area (Å²) in [5.41, 5.74) is 4.81. The molecular weight excluding hydrogens is 533 g/mol. The molecule has 0 spiro atoms. The van der Waals surface area contributed by atoms with Crippen molar-refractivity contribution in [2.75, 3.05) is 32.1 Å². The second-order valence-corrected chi connectivity index (χ2v) is 8.43. The van der Waals surface area contributed by atoms with Gasteiger partial charge in [-0.3, -0.25) is 9.69 Å². The number of aryl methyl sites for hydroxylation is 1. The van der Waals surface area contributed by atoms with E-state index in [1.807, 2.05) is 42.1 Å². The van der Waals surface area contributed by atoms with Crippen LogP contribution in [0.1, 0.15) is 27.0 Å². The molecule has 1 aliphatic heterocycles. The lowest BCUT2D eigenvalue weighted by Gasteiger charge is -2.28. The molecule has 0 saturated heterocycles. The molecule has 0 bridgehead atoms. The van der Waals surface area contributed by atoms with Crippen LogP contribution in [0.5, 0.6) is 11.6 Å². The Kier molecular flexibility index (Phi) is 7.73. The van der Waals surface area contributed by atoms with Crippen LogP contribution < -0.4 is 15.4 Å². The molecule has 33 heavy (non-hydrogen) atoms. The predicted molar refractivity (Wildman–Crippen MR) is 135 cm³/mol. The quantitative estimate of drug-likeness (QED) is 0.396. The average Bonchev–Trinajstić information content (AvgIpc) is 2.84. The smallest absolute Gasteiger partial charge is 0.254 e. The topological polar surface area (TPSA) is 88.6 Å². The molecule has 0 saturated carbocycles. The van der Waals surface area contributed by atoms with Crippen LogP contribution in [0.15, 0.2) is 48.7 Å². The number of anilines is 2. The lowest BCUT2D eigenvalue weighted by atomic mass is 9.99. The molecule has 4 rings (SSSR count). The first-order valence-electron chi connectivity index (χ1n) is 10.7. The number of nitrogens with zero attached hydrogens (tertiary/aromatic N) is 3. The summed E-state index contributed by atoms with van der Waals surface area (Å²) in [6.07, 6.45) is 2.70. The number of fused-ring (bicyclic) bond motifs is 1. The van der Waals surface area contributed by atoms with E-state index in [4.69, 9.17) is 7.80 Å². The largest absolute Gasteiger partial charge is 0.438 e. The summed E-state index contributed by atoms with van der Waals surface area (Å²) < 4.78 is 11.2. The zero-order valence-electron chi connectivity index (χ0n) is 18.6. The van der Waals surface area contributed by atoms with Crippen molar-refractivity contribution in [2.45, 2.75) is 19.9 Å². The van der Waals surface area contributed by atoms with Crippen molar-refractivity contribution in [3.8, 4) is 11.6 Å². The second-order valence-electron chi connectivity index (χ2n) is 7.81. The number of halogens is 1. The highest BCUT2D eigenvalue weighted by Gasteiger charge is 2.17. The minimum absolute atomic E-state index is 0.217. The Morgan fingerprint density at radius 1 is 1.21 bits per heavy atom. The maximum absolute atomic E-state index is 12.2. The first kappa shape index (κ1) is 23.4. The van der Waals surface area contributed by atoms with Crippen molar-refractivity contribution in [3.05, 3.63) is 70.9 Å². The van der Waals surface area contributed by atoms with Crippen LogP contribution in [0.4, 0.5) is 11.6 Å². The van der Waals surface area contributed by atoms with Gasteiger partial charge < -0.3 is 18.4 Å². The molecular formula is C24H26IN5O3. The summed E-state index contributed by atoms with van der Waals surface area (Å²) in [7, 11) is 1.59. The molecule has 1 aliphatic rings. The number of para-hydroxylation sites is 1. The lowest BCUT2D eigenvalue weighted by molar-refractivity contribution is 0.0960. The number of amides is 1. The summed E-state index contributed by atoms with van der Waals surface area (Å²) in [5, 5.41) is 5.92. The number of hydrogen-bond donors (Lipinski definition) is 2. The summed E-state index contributed by atoms with van der Waals surface area (Å²) in [6, 6.07) is 13.4. The lowest BCUT2D eigenvalue weighted by Crippen LogP contribution is -2.32. The van der Waals surface area contributed by atoms with Crippen LogP contribution in [0.2, 0.25) is 0 Å². The number of carbonyl (C=O) groups is 1. The van der Waals surface area contributed by atoms with Gasteiger partial charge in [-0.2, -0.15) is 4.98 Å². The first-order valence-corrected chi connectivity index (χ1v) is 11.6. The van der Waals surface area contributed by atoms with Crippen LogP contribution in [0.25, 0.3) is 0 Å². The second kappa shape index (κ2) is 10.9. The summed E-state index contributed by atoms with van der Waals surface area (Å²) in [4.78, 5) is 23.5. The Bertz CT molecular complexity index is 1140. The Labute approximate surface area is 207 Å². The molecule has 172 valence electrons. The van der Waals surface area contributed by atoms with E-state index in [2.05, 4.69) is 37.6 Å². The number of rotatable bonds is 8. The van der Waals surface area contributed by atoms with Gasteiger partial charge in [0.1, 0.15) is 28.8 Å². The highest BCUT2D eigenvalue weighted by molar-refractivity contribution is 14.1. The van der Waals surface area contributed by atoms with Gasteiger partial charge in [0.25, 0.3) is 5.91 Å². The van der Waals surface area contributed by atoms with E-state index in [1.165, 1.54) is 11.1 Å². The Hall–Kier alpha value is -2.76. The molecule has 0 radical (unpaired) electrons. The Balaban J connectivity index is 1.50. The Morgan fingerprint density at radius 3 is 2.88 bits per heavy atom. The fourth-order valence-corrected chi connectivity index (χ4v) is 3.94. The summed E-state index contributed by atoms with van der Waals surface area (Å²) in [6.45, 7) is 5.48. The van der Waals surface area contributed by atoms with E-state index in [9.17, 15) is 4.79 Å². The molecule has 2 N–H and O–H groups in total. The van der Waals surface area contributed by atoms with Crippen LogP contribution in [-0.2, 0) is 16.0 Å². The summed E-state index contributed by atoms with van der Waals surface area (Å²) >= 11 is 1.94. The van der Waals surface area contributed by atoms with E-state index in [1.54, 1.807) is 31.4 Å². The van der Waals surface area contributed by atoms with Gasteiger partial charge in [0.05, 0.1) is 12.2 Å². The van der Waals surface area contributed by atoms with Gasteiger partial charge in [-0.1, -0.05) is 18.2 Å². The normalized spacial score (nSPS) is 13.3. The maximum Gasteiger partial charge on any atom is 0.254 e. The average molecular weight is 559 g/mol. The molecule has 9 heteroatoms. The molecule has 0 aliphatic carbocycles. The van der Waals surface area contributed by atoms with E-state index in [-0.39, 0.29) is 5.91 Å². The van der Waals surface area contributed by atoms with Crippen molar-refractivity contribution >= 4 is 40.5 Å². The Morgan fingerprint density at radius 2 is 2.06 bits per heavy atom. The van der Waals surface area contributed by atoms with E-state index >= 15 is 0 Å². The SMILES string of the molecule is CNC(=O)c1ccccc1Oc1nc(Nc2ccc3c(c2)CCN(CCOI)C3)ncc1C. The zero-order valence-corrected chi connectivity index (χ0v) is 20.8. The minimum Gasteiger partial charge on any atom is -0.438 e. The number of benzene rings is 2. The van der Waals surface area contributed by atoms with Gasteiger partial charge in [0.15, 0.2) is 0 Å². The van der Waals surface area contributed by atoms with Crippen LogP contribution in [-0.4, -0.2) is 47.5 Å². The van der Waals surface area contributed by atoms with Gasteiger partial charge in [0, 0.05) is 44.1 Å². The third kappa shape index (κ3) is 5.79. The molecule has 3 aromatic rings. The molecule has 0 unspecified atom stereocenters. The highest BCUT2D eigenvalue weighted by atomic mass is 127. The van der Waals surface area contributed by atoms with E-state index < -0.39 is 0 Å². The predicted octanol–water partition coefficient (Wildman–Crippen LogP) is 4.41. The fourth-order valence-electron chi connectivity index (χ4n) is 3.74. The van der Waals surface area contributed by atoms with Gasteiger partial charge in [-0.25, -0.2) is 4.98 Å². The van der Waals surface area contributed by atoms with Gasteiger partial charge >= 0.3 is 0 Å². The molecule has 2 aromatic carbocycles. The third-order valence-corrected chi connectivity index (χ3v) is 5.97. The molecule has 0 fully saturated rings. The van der Waals surface area contributed by atoms with Crippen LogP contribution >= 0.6 is 23.0 Å². The highest BCUT2D eigenvalue weighted by Crippen LogP contribution is 2.28. The molecule has 8 nitrogen and oxygen atoms in total. The fraction of sp³-hybridized carbons (Fsp3) is 0.292. The number of aromatic nitrogens is 2. The van der Waals surface area contributed by atoms with Crippen LogP contribution in [0.3, 0.4) is 0 Å². The number of ether oxygens (including phenoxy) is 1. The molecule has 1 amide bonds. The molecule has 0 atom stereocenters. The maximum atomic E-state index is 12.2. The molecule has 2 heterocycles. The van der Waals surface area contributed by atoms with Crippen molar-refractivity contribution in [1.82, 2.24) is 20.2 Å². The van der Waals surface area contributed by atoms with E-state index in [0.717, 1.165) is 43.9 Å². The standard InChI is InChI=1S/C24H26IN5O3/c1-16-14-27-24(29-23(16)33-21-6-4-3-5-20(21)22(31)26-2)28-19-8-7-18-15-30(11-12-32-25)10-9-17(18)13-19/h3-8,13-14H,9-12,15H2,1-2H3,(H,26,31)(H,27,28,29). The van der Waals surface area contributed by atoms with Crippen molar-refractivity contribution in [3.63, 3.8) is 0 Å². The van der Waals surface area contributed by atoms with E-state index in [0.29, 0.717) is 23.1 Å². The molecule has 1 aromatic heterocycles. The monoisotopic (exact) mass is 559 g/mol. The zero-order chi connectivity index (χ0) is 23.2. The third-order valence-electron chi connectivity index (χ3n) is 5.53. The van der Waals surface area contributed by atoms with Gasteiger partial charge in [-0.15, -0.1) is 0 Å². The van der Waals surface area contributed by atoms with Crippen molar-refractivity contribution in [1.29, 1.82) is 0 Å².